The van der Waals surface area contributed by atoms with E-state index in [0.717, 1.165) is 47.0 Å². The number of esters is 4. The van der Waals surface area contributed by atoms with Crippen LogP contribution in [-0.4, -0.2) is 45.5 Å². The van der Waals surface area contributed by atoms with Crippen molar-refractivity contribution in [3.63, 3.8) is 0 Å². The van der Waals surface area contributed by atoms with Crippen molar-refractivity contribution in [2.45, 2.75) is 52.2 Å². The molecule has 3 aromatic carbocycles. The molecule has 0 saturated heterocycles. The third-order valence-corrected chi connectivity index (χ3v) is 14.3. The molecule has 0 saturated carbocycles. The Morgan fingerprint density at radius 2 is 1.12 bits per heavy atom. The predicted octanol–water partition coefficient (Wildman–Crippen LogP) is 7.53. The summed E-state index contributed by atoms with van der Waals surface area (Å²) in [6.45, 7) is 5.51. The molecular weight excluding hydrogens is 769 g/mol. The van der Waals surface area contributed by atoms with Gasteiger partial charge in [0.25, 0.3) is 0 Å². The van der Waals surface area contributed by atoms with Crippen molar-refractivity contribution in [2.75, 3.05) is 13.2 Å². The summed E-state index contributed by atoms with van der Waals surface area (Å²) >= 11 is 4.32. The fraction of sp³-hybridized carbons (Fsp3) is 0.188. The van der Waals surface area contributed by atoms with E-state index < -0.39 is 38.6 Å². The van der Waals surface area contributed by atoms with Crippen LogP contribution in [0, 0.1) is 0 Å². The SMILES string of the molecule is CCOC(=O)C(SOOc1ccccc1)=C1Sc2c(OC(C)=O)c3c(c(OC(C)=O)c2S1)SC(=C(C(=O)OCC)S(=O)(=O)c1ccccc1)S3. The number of benzene rings is 3. The monoisotopic (exact) mass is 794 g/mol. The average molecular weight is 795 g/mol. The van der Waals surface area contributed by atoms with Crippen LogP contribution in [0.1, 0.15) is 27.7 Å². The number of carbonyl (C=O) groups is 4. The smallest absolute Gasteiger partial charge is 0.351 e. The lowest BCUT2D eigenvalue weighted by atomic mass is 10.3. The van der Waals surface area contributed by atoms with E-state index in [1.54, 1.807) is 50.2 Å². The zero-order valence-corrected chi connectivity index (χ0v) is 31.4. The van der Waals surface area contributed by atoms with Crippen molar-refractivity contribution in [1.82, 2.24) is 0 Å². The molecule has 5 rings (SSSR count). The fourth-order valence-corrected chi connectivity index (χ4v) is 12.3. The van der Waals surface area contributed by atoms with Gasteiger partial charge in [-0.2, -0.15) is 0 Å². The second-order valence-corrected chi connectivity index (χ2v) is 16.8. The van der Waals surface area contributed by atoms with Gasteiger partial charge < -0.3 is 23.8 Å². The summed E-state index contributed by atoms with van der Waals surface area (Å²) in [7, 11) is -4.42. The lowest BCUT2D eigenvalue weighted by Crippen LogP contribution is -2.17. The van der Waals surface area contributed by atoms with E-state index in [-0.39, 0.29) is 48.5 Å². The number of thioether (sulfide) groups is 4. The molecule has 0 fully saturated rings. The normalized spacial score (nSPS) is 13.2. The van der Waals surface area contributed by atoms with Crippen LogP contribution >= 0.6 is 59.1 Å². The Morgan fingerprint density at radius 1 is 0.660 bits per heavy atom. The third-order valence-electron chi connectivity index (χ3n) is 6.11. The molecule has 0 bridgehead atoms. The molecule has 0 spiro atoms. The van der Waals surface area contributed by atoms with Crippen molar-refractivity contribution in [3.05, 3.63) is 78.9 Å². The molecule has 0 aliphatic carbocycles. The maximum atomic E-state index is 13.9. The highest BCUT2D eigenvalue weighted by atomic mass is 32.2. The summed E-state index contributed by atoms with van der Waals surface area (Å²) in [4.78, 5) is 56.9. The first-order chi connectivity index (χ1) is 24.0. The Hall–Kier alpha value is -3.52. The van der Waals surface area contributed by atoms with Gasteiger partial charge in [0.15, 0.2) is 22.2 Å². The standard InChI is InChI=1S/C32H26O12S6/c1-5-39-29(35)27(49-44-43-19-13-9-7-10-14-19)31-45-23-21(41-17(3)33)25-26(22(24(23)46-31)42-18(4)34)48-32(47-25)28(30(36)40-6-2)50(37,38)20-15-11-8-12-16-20/h7-16H,5-6H2,1-4H3. The molecule has 0 aromatic heterocycles. The van der Waals surface area contributed by atoms with Gasteiger partial charge in [-0.15, -0.1) is 4.33 Å². The highest BCUT2D eigenvalue weighted by Gasteiger charge is 2.43. The van der Waals surface area contributed by atoms with E-state index in [2.05, 4.69) is 0 Å². The lowest BCUT2D eigenvalue weighted by Gasteiger charge is -2.15. The van der Waals surface area contributed by atoms with Gasteiger partial charge in [0.05, 0.1) is 58.2 Å². The second kappa shape index (κ2) is 16.7. The van der Waals surface area contributed by atoms with Crippen LogP contribution in [0.4, 0.5) is 0 Å². The molecule has 0 radical (unpaired) electrons. The van der Waals surface area contributed by atoms with Gasteiger partial charge in [-0.25, -0.2) is 18.0 Å². The maximum Gasteiger partial charge on any atom is 0.351 e. The van der Waals surface area contributed by atoms with Crippen molar-refractivity contribution < 1.29 is 55.8 Å². The first-order valence-electron chi connectivity index (χ1n) is 14.5. The summed E-state index contributed by atoms with van der Waals surface area (Å²) in [5, 5.41) is 0. The van der Waals surface area contributed by atoms with Crippen molar-refractivity contribution >= 4 is 92.8 Å². The molecule has 2 aliphatic heterocycles. The van der Waals surface area contributed by atoms with Crippen LogP contribution in [0.2, 0.25) is 0 Å². The first-order valence-corrected chi connectivity index (χ1v) is 20.0. The van der Waals surface area contributed by atoms with E-state index in [1.807, 2.05) is 0 Å². The highest BCUT2D eigenvalue weighted by molar-refractivity contribution is 8.26. The average Bonchev–Trinajstić information content (AvgIpc) is 3.71. The number of sulfone groups is 1. The van der Waals surface area contributed by atoms with E-state index in [1.165, 1.54) is 38.1 Å². The molecule has 3 aromatic rings. The van der Waals surface area contributed by atoms with Crippen LogP contribution in [0.15, 0.2) is 103 Å². The molecule has 0 N–H and O–H groups in total. The summed E-state index contributed by atoms with van der Waals surface area (Å²) < 4.78 is 55.3. The van der Waals surface area contributed by atoms with Gasteiger partial charge in [0, 0.05) is 13.8 Å². The minimum Gasteiger partial charge on any atom is -0.462 e. The summed E-state index contributed by atoms with van der Waals surface area (Å²) in [5.74, 6) is -2.83. The zero-order chi connectivity index (χ0) is 36.0. The van der Waals surface area contributed by atoms with Gasteiger partial charge in [0.2, 0.25) is 9.84 Å². The molecule has 50 heavy (non-hydrogen) atoms. The number of para-hydroxylation sites is 1. The molecule has 2 aliphatic rings. The number of rotatable bonds is 12. The van der Waals surface area contributed by atoms with Crippen molar-refractivity contribution in [1.29, 1.82) is 0 Å². The van der Waals surface area contributed by atoms with Crippen molar-refractivity contribution in [2.24, 2.45) is 0 Å². The quantitative estimate of drug-likeness (QED) is 0.0442. The fourth-order valence-electron chi connectivity index (χ4n) is 4.19. The molecule has 0 atom stereocenters. The number of fused-ring (bicyclic) bond motifs is 2. The van der Waals surface area contributed by atoms with E-state index in [4.69, 9.17) is 28.2 Å². The maximum absolute atomic E-state index is 13.9. The molecular formula is C32H26O12S6. The topological polar surface area (TPSA) is 158 Å². The molecule has 18 heteroatoms. The van der Waals surface area contributed by atoms with E-state index >= 15 is 0 Å². The van der Waals surface area contributed by atoms with Gasteiger partial charge in [-0.05, 0) is 38.1 Å². The van der Waals surface area contributed by atoms with Gasteiger partial charge >= 0.3 is 23.9 Å². The zero-order valence-electron chi connectivity index (χ0n) is 26.5. The number of ether oxygens (including phenoxy) is 4. The van der Waals surface area contributed by atoms with Crippen LogP contribution in [0.5, 0.6) is 17.2 Å². The Morgan fingerprint density at radius 3 is 1.60 bits per heavy atom. The number of carbonyl (C=O) groups excluding carboxylic acids is 4. The van der Waals surface area contributed by atoms with Crippen LogP contribution in [-0.2, 0) is 42.8 Å². The van der Waals surface area contributed by atoms with Crippen LogP contribution < -0.4 is 14.4 Å². The van der Waals surface area contributed by atoms with Crippen LogP contribution in [0.25, 0.3) is 0 Å². The van der Waals surface area contributed by atoms with Gasteiger partial charge in [-0.3, -0.25) is 9.59 Å². The molecule has 262 valence electrons. The van der Waals surface area contributed by atoms with Crippen LogP contribution in [0.3, 0.4) is 0 Å². The summed E-state index contributed by atoms with van der Waals surface area (Å²) in [5.41, 5.74) is 0. The predicted molar refractivity (Wildman–Crippen MR) is 189 cm³/mol. The molecule has 0 amide bonds. The lowest BCUT2D eigenvalue weighted by molar-refractivity contribution is -0.138. The third kappa shape index (κ3) is 8.33. The second-order valence-electron chi connectivity index (χ2n) is 9.61. The first kappa shape index (κ1) is 37.7. The number of hydrogen-bond acceptors (Lipinski definition) is 17. The Bertz CT molecular complexity index is 1950. The molecule has 2 heterocycles. The summed E-state index contributed by atoms with van der Waals surface area (Å²) in [6, 6.07) is 16.0. The number of hydrogen-bond donors (Lipinski definition) is 0. The van der Waals surface area contributed by atoms with Gasteiger partial charge in [0.1, 0.15) is 4.91 Å². The Balaban J connectivity index is 1.65. The summed E-state index contributed by atoms with van der Waals surface area (Å²) in [6.07, 6.45) is 0. The minimum absolute atomic E-state index is 0.00358. The van der Waals surface area contributed by atoms with E-state index in [9.17, 15) is 27.6 Å². The van der Waals surface area contributed by atoms with E-state index in [0.29, 0.717) is 31.8 Å². The highest BCUT2D eigenvalue weighted by Crippen LogP contribution is 2.69. The molecule has 12 nitrogen and oxygen atoms in total. The van der Waals surface area contributed by atoms with Crippen molar-refractivity contribution in [3.8, 4) is 17.2 Å². The molecule has 0 unspecified atom stereocenters. The largest absolute Gasteiger partial charge is 0.462 e. The Kier molecular flexibility index (Phi) is 12.6. The minimum atomic E-state index is -4.42. The Labute approximate surface area is 308 Å². The van der Waals surface area contributed by atoms with Gasteiger partial charge in [-0.1, -0.05) is 83.4 Å².